The van der Waals surface area contributed by atoms with Crippen LogP contribution in [0.2, 0.25) is 5.02 Å². The average Bonchev–Trinajstić information content (AvgIpc) is 3.73. The molecule has 41 heavy (non-hydrogen) atoms. The van der Waals surface area contributed by atoms with E-state index in [4.69, 9.17) is 16.3 Å². The van der Waals surface area contributed by atoms with E-state index in [0.717, 1.165) is 18.4 Å². The number of nitriles is 1. The van der Waals surface area contributed by atoms with Crippen molar-refractivity contribution < 1.29 is 10.5 Å². The molecule has 6 rings (SSSR count). The van der Waals surface area contributed by atoms with E-state index < -0.39 is 11.8 Å². The number of ether oxygens (including phenoxy) is 1. The van der Waals surface area contributed by atoms with Gasteiger partial charge in [0.15, 0.2) is 0 Å². The van der Waals surface area contributed by atoms with Crippen LogP contribution in [0, 0.1) is 17.1 Å². The third-order valence-corrected chi connectivity index (χ3v) is 7.28. The Bertz CT molecular complexity index is 1770. The number of hydrogen-bond acceptors (Lipinski definition) is 7. The van der Waals surface area contributed by atoms with Gasteiger partial charge in [-0.2, -0.15) is 5.26 Å². The molecule has 5 aromatic rings. The Balaban J connectivity index is 1.46. The first-order valence-corrected chi connectivity index (χ1v) is 13.6. The minimum atomic E-state index is -1.63. The Kier molecular flexibility index (Phi) is 7.16. The Labute approximate surface area is 243 Å². The van der Waals surface area contributed by atoms with Crippen molar-refractivity contribution in [1.82, 2.24) is 20.0 Å². The molecule has 2 aromatic heterocycles. The van der Waals surface area contributed by atoms with Crippen LogP contribution in [0.5, 0.6) is 0 Å². The third kappa shape index (κ3) is 5.71. The summed E-state index contributed by atoms with van der Waals surface area (Å²) < 4.78 is 30.7. The minimum Gasteiger partial charge on any atom is -0.382 e. The standard InChI is InChI=1S/C31H27ClFN7O/c1-41-18-28(19-5-3-2-4-6-19)37-29-21(15-34)16-35-31-25(29)13-23(14-26(31)32)36-30(20-7-9-22(33)10-8-20)27-17-40(39-38-27)24-11-12-24/h2-10,13-14,16-17,24,28,30,36H,11-12,18H2,1H3,(H,35,37)/i30D. The van der Waals surface area contributed by atoms with Crippen molar-refractivity contribution in [3.8, 4) is 6.07 Å². The topological polar surface area (TPSA) is 101 Å². The molecule has 0 radical (unpaired) electrons. The molecule has 2 unspecified atom stereocenters. The summed E-state index contributed by atoms with van der Waals surface area (Å²) in [5, 5.41) is 26.2. The highest BCUT2D eigenvalue weighted by molar-refractivity contribution is 6.35. The fourth-order valence-electron chi connectivity index (χ4n) is 4.77. The van der Waals surface area contributed by atoms with Crippen LogP contribution in [-0.4, -0.2) is 33.7 Å². The van der Waals surface area contributed by atoms with Gasteiger partial charge < -0.3 is 15.4 Å². The lowest BCUT2D eigenvalue weighted by Gasteiger charge is -2.23. The smallest absolute Gasteiger partial charge is 0.123 e. The molecule has 0 spiro atoms. The zero-order chi connectivity index (χ0) is 29.3. The van der Waals surface area contributed by atoms with Gasteiger partial charge >= 0.3 is 0 Å². The number of methoxy groups -OCH3 is 1. The molecule has 10 heteroatoms. The molecule has 0 bridgehead atoms. The van der Waals surface area contributed by atoms with Crippen molar-refractivity contribution in [3.05, 3.63) is 112 Å². The molecule has 2 atom stereocenters. The maximum absolute atomic E-state index is 13.9. The number of benzene rings is 3. The second-order valence-electron chi connectivity index (χ2n) is 9.90. The van der Waals surface area contributed by atoms with Gasteiger partial charge in [-0.1, -0.05) is 59.3 Å². The van der Waals surface area contributed by atoms with Crippen LogP contribution in [0.15, 0.2) is 79.1 Å². The summed E-state index contributed by atoms with van der Waals surface area (Å²) in [6.07, 6.45) is 5.26. The number of halogens is 2. The van der Waals surface area contributed by atoms with E-state index in [2.05, 4.69) is 32.0 Å². The first-order valence-electron chi connectivity index (χ1n) is 13.7. The third-order valence-electron chi connectivity index (χ3n) is 6.99. The highest BCUT2D eigenvalue weighted by atomic mass is 35.5. The summed E-state index contributed by atoms with van der Waals surface area (Å²) in [5.74, 6) is -0.411. The van der Waals surface area contributed by atoms with E-state index in [1.807, 2.05) is 30.3 Å². The van der Waals surface area contributed by atoms with Crippen molar-refractivity contribution >= 4 is 33.9 Å². The van der Waals surface area contributed by atoms with Crippen LogP contribution in [-0.2, 0) is 4.74 Å². The van der Waals surface area contributed by atoms with E-state index in [-0.39, 0.29) is 12.1 Å². The largest absolute Gasteiger partial charge is 0.382 e. The number of anilines is 2. The quantitative estimate of drug-likeness (QED) is 0.190. The Hall–Kier alpha value is -4.52. The molecule has 206 valence electrons. The number of pyridine rings is 1. The number of nitrogens with one attached hydrogen (secondary N) is 2. The van der Waals surface area contributed by atoms with Crippen LogP contribution in [0.4, 0.5) is 15.8 Å². The van der Waals surface area contributed by atoms with Gasteiger partial charge in [0.25, 0.3) is 0 Å². The first kappa shape index (κ1) is 25.4. The fourth-order valence-corrected chi connectivity index (χ4v) is 5.04. The van der Waals surface area contributed by atoms with Gasteiger partial charge in [0.1, 0.15) is 17.6 Å². The lowest BCUT2D eigenvalue weighted by atomic mass is 10.0. The molecule has 0 saturated heterocycles. The number of rotatable bonds is 10. The van der Waals surface area contributed by atoms with Gasteiger partial charge in [0, 0.05) is 24.4 Å². The number of fused-ring (bicyclic) bond motifs is 1. The lowest BCUT2D eigenvalue weighted by molar-refractivity contribution is 0.186. The molecule has 1 aliphatic rings. The Morgan fingerprint density at radius 2 is 1.93 bits per heavy atom. The predicted octanol–water partition coefficient (Wildman–Crippen LogP) is 6.83. The van der Waals surface area contributed by atoms with Crippen LogP contribution >= 0.6 is 11.6 Å². The van der Waals surface area contributed by atoms with Gasteiger partial charge in [-0.05, 0) is 48.2 Å². The van der Waals surface area contributed by atoms with E-state index in [1.54, 1.807) is 42.3 Å². The fraction of sp³-hybridized carbons (Fsp3) is 0.226. The van der Waals surface area contributed by atoms with Crippen LogP contribution in [0.25, 0.3) is 10.9 Å². The number of hydrogen-bond donors (Lipinski definition) is 2. The summed E-state index contributed by atoms with van der Waals surface area (Å²) in [6.45, 7) is 0.349. The summed E-state index contributed by atoms with van der Waals surface area (Å²) in [6, 6.07) is 19.6. The van der Waals surface area contributed by atoms with Crippen molar-refractivity contribution in [2.45, 2.75) is 30.9 Å². The number of aromatic nitrogens is 4. The maximum Gasteiger partial charge on any atom is 0.123 e. The van der Waals surface area contributed by atoms with Crippen molar-refractivity contribution in [2.24, 2.45) is 0 Å². The zero-order valence-corrected chi connectivity index (χ0v) is 22.9. The molecular weight excluding hydrogens is 541 g/mol. The van der Waals surface area contributed by atoms with Crippen molar-refractivity contribution in [1.29, 1.82) is 5.26 Å². The zero-order valence-electron chi connectivity index (χ0n) is 23.2. The molecular formula is C31H27ClFN7O. The SMILES string of the molecule is [2H]C(Nc1cc(Cl)c2ncc(C#N)c(NC(COC)c3ccccc3)c2c1)(c1ccc(F)cc1)c1cn(C2CC2)nn1. The van der Waals surface area contributed by atoms with Gasteiger partial charge in [-0.25, -0.2) is 9.07 Å². The van der Waals surface area contributed by atoms with E-state index in [9.17, 15) is 11.0 Å². The molecule has 1 saturated carbocycles. The molecule has 0 amide bonds. The van der Waals surface area contributed by atoms with E-state index in [0.29, 0.717) is 50.7 Å². The number of nitrogens with zero attached hydrogens (tertiary/aromatic N) is 5. The van der Waals surface area contributed by atoms with Crippen molar-refractivity contribution in [3.63, 3.8) is 0 Å². The molecule has 2 N–H and O–H groups in total. The van der Waals surface area contributed by atoms with E-state index in [1.165, 1.54) is 18.3 Å². The average molecular weight is 569 g/mol. The monoisotopic (exact) mass is 568 g/mol. The first-order chi connectivity index (χ1) is 20.4. The Morgan fingerprint density at radius 3 is 2.63 bits per heavy atom. The second-order valence-corrected chi connectivity index (χ2v) is 10.3. The molecule has 1 fully saturated rings. The molecule has 2 heterocycles. The minimum absolute atomic E-state index is 0.267. The lowest BCUT2D eigenvalue weighted by Crippen LogP contribution is -2.17. The highest BCUT2D eigenvalue weighted by Gasteiger charge is 2.27. The van der Waals surface area contributed by atoms with E-state index >= 15 is 0 Å². The normalized spacial score (nSPS) is 15.5. The Morgan fingerprint density at radius 1 is 1.15 bits per heavy atom. The van der Waals surface area contributed by atoms with Crippen LogP contribution in [0.1, 0.15) is 54.7 Å². The van der Waals surface area contributed by atoms with Gasteiger partial charge in [0.05, 0.1) is 54.1 Å². The summed E-state index contributed by atoms with van der Waals surface area (Å²) >= 11 is 6.76. The molecule has 8 nitrogen and oxygen atoms in total. The molecule has 3 aromatic carbocycles. The molecule has 1 aliphatic carbocycles. The van der Waals surface area contributed by atoms with Gasteiger partial charge in [-0.3, -0.25) is 4.98 Å². The van der Waals surface area contributed by atoms with Gasteiger partial charge in [-0.15, -0.1) is 5.10 Å². The highest BCUT2D eigenvalue weighted by Crippen LogP contribution is 2.38. The predicted molar refractivity (Wildman–Crippen MR) is 156 cm³/mol. The second kappa shape index (κ2) is 11.5. The van der Waals surface area contributed by atoms with Crippen LogP contribution in [0.3, 0.4) is 0 Å². The van der Waals surface area contributed by atoms with Crippen molar-refractivity contribution in [2.75, 3.05) is 24.4 Å². The maximum atomic E-state index is 13.9. The molecule has 0 aliphatic heterocycles. The van der Waals surface area contributed by atoms with Crippen LogP contribution < -0.4 is 10.6 Å². The van der Waals surface area contributed by atoms with Gasteiger partial charge in [0.2, 0.25) is 0 Å². The summed E-state index contributed by atoms with van der Waals surface area (Å²) in [4.78, 5) is 4.46. The summed E-state index contributed by atoms with van der Waals surface area (Å²) in [7, 11) is 1.62. The summed E-state index contributed by atoms with van der Waals surface area (Å²) in [5.41, 5.74) is 3.64.